The minimum atomic E-state index is -0.799. The van der Waals surface area contributed by atoms with Crippen LogP contribution < -0.4 is 4.90 Å². The van der Waals surface area contributed by atoms with Crippen LogP contribution in [0.1, 0.15) is 59.4 Å². The van der Waals surface area contributed by atoms with Crippen molar-refractivity contribution in [2.45, 2.75) is 66.3 Å². The number of carboxylic acid groups (broad SMARTS) is 1. The molecule has 0 unspecified atom stereocenters. The van der Waals surface area contributed by atoms with Crippen molar-refractivity contribution < 1.29 is 9.90 Å². The molecule has 4 nitrogen and oxygen atoms in total. The molecule has 27 heavy (non-hydrogen) atoms. The van der Waals surface area contributed by atoms with Gasteiger partial charge in [-0.2, -0.15) is 0 Å². The molecule has 0 aromatic heterocycles. The quantitative estimate of drug-likeness (QED) is 0.663. The van der Waals surface area contributed by atoms with Gasteiger partial charge < -0.3 is 14.9 Å². The molecule has 0 bridgehead atoms. The van der Waals surface area contributed by atoms with Crippen LogP contribution in [0.5, 0.6) is 0 Å². The van der Waals surface area contributed by atoms with E-state index in [9.17, 15) is 9.90 Å². The third kappa shape index (κ3) is 6.93. The van der Waals surface area contributed by atoms with Gasteiger partial charge in [0.2, 0.25) is 0 Å². The Morgan fingerprint density at radius 2 is 1.78 bits per heavy atom. The van der Waals surface area contributed by atoms with Crippen LogP contribution in [0, 0.1) is 5.41 Å². The second kappa shape index (κ2) is 9.29. The Morgan fingerprint density at radius 1 is 1.19 bits per heavy atom. The Morgan fingerprint density at radius 3 is 2.26 bits per heavy atom. The highest BCUT2D eigenvalue weighted by molar-refractivity contribution is 5.65. The number of anilines is 1. The lowest BCUT2D eigenvalue weighted by atomic mass is 9.88. The maximum Gasteiger partial charge on any atom is 0.407 e. The van der Waals surface area contributed by atoms with E-state index in [4.69, 9.17) is 0 Å². The Hall–Kier alpha value is -1.97. The number of amides is 1. The summed E-state index contributed by atoms with van der Waals surface area (Å²) in [4.78, 5) is 15.2. The van der Waals surface area contributed by atoms with Gasteiger partial charge in [-0.15, -0.1) is 0 Å². The van der Waals surface area contributed by atoms with Crippen LogP contribution in [0.2, 0.25) is 0 Å². The molecule has 1 aromatic carbocycles. The fourth-order valence-corrected chi connectivity index (χ4v) is 3.49. The summed E-state index contributed by atoms with van der Waals surface area (Å²) in [6.45, 7) is 13.2. The van der Waals surface area contributed by atoms with Crippen molar-refractivity contribution in [3.05, 3.63) is 41.5 Å². The number of carbonyl (C=O) groups is 1. The van der Waals surface area contributed by atoms with Crippen molar-refractivity contribution >= 4 is 11.8 Å². The predicted molar refractivity (Wildman–Crippen MR) is 114 cm³/mol. The van der Waals surface area contributed by atoms with E-state index in [2.05, 4.69) is 69.9 Å². The molecule has 1 amide bonds. The number of piperidine rings is 1. The fourth-order valence-electron chi connectivity index (χ4n) is 3.49. The number of benzene rings is 1. The number of nitrogens with zero attached hydrogens (tertiary/aromatic N) is 2. The third-order valence-electron chi connectivity index (χ3n) is 5.30. The lowest BCUT2D eigenvalue weighted by Crippen LogP contribution is -2.46. The maximum atomic E-state index is 11.2. The van der Waals surface area contributed by atoms with Gasteiger partial charge in [0.15, 0.2) is 0 Å². The molecule has 2 rings (SSSR count). The summed E-state index contributed by atoms with van der Waals surface area (Å²) in [5.41, 5.74) is 4.29. The maximum absolute atomic E-state index is 11.2. The van der Waals surface area contributed by atoms with Gasteiger partial charge in [0.1, 0.15) is 0 Å². The van der Waals surface area contributed by atoms with Crippen LogP contribution in [0.3, 0.4) is 0 Å². The first kappa shape index (κ1) is 21.3. The smallest absolute Gasteiger partial charge is 0.407 e. The largest absolute Gasteiger partial charge is 0.465 e. The summed E-state index contributed by atoms with van der Waals surface area (Å²) < 4.78 is 0. The lowest BCUT2D eigenvalue weighted by Gasteiger charge is -2.38. The van der Waals surface area contributed by atoms with E-state index in [1.54, 1.807) is 0 Å². The molecule has 1 aliphatic rings. The Kier molecular flexibility index (Phi) is 7.34. The van der Waals surface area contributed by atoms with Crippen LogP contribution in [0.15, 0.2) is 35.9 Å². The van der Waals surface area contributed by atoms with E-state index in [1.165, 1.54) is 28.1 Å². The zero-order valence-electron chi connectivity index (χ0n) is 17.7. The molecule has 1 aromatic rings. The van der Waals surface area contributed by atoms with E-state index in [0.717, 1.165) is 25.8 Å². The van der Waals surface area contributed by atoms with Crippen molar-refractivity contribution in [3.8, 4) is 0 Å². The highest BCUT2D eigenvalue weighted by Crippen LogP contribution is 2.26. The summed E-state index contributed by atoms with van der Waals surface area (Å²) in [5.74, 6) is 0. The molecule has 1 aliphatic heterocycles. The Balaban J connectivity index is 2.09. The molecule has 0 saturated carbocycles. The zero-order chi connectivity index (χ0) is 20.0. The predicted octanol–water partition coefficient (Wildman–Crippen LogP) is 5.58. The monoisotopic (exact) mass is 372 g/mol. The lowest BCUT2D eigenvalue weighted by molar-refractivity contribution is 0.132. The molecule has 1 fully saturated rings. The minimum absolute atomic E-state index is 0.353. The van der Waals surface area contributed by atoms with Crippen molar-refractivity contribution in [1.82, 2.24) is 4.90 Å². The van der Waals surface area contributed by atoms with Crippen LogP contribution in [0.25, 0.3) is 0 Å². The fraction of sp³-hybridized carbons (Fsp3) is 0.609. The van der Waals surface area contributed by atoms with E-state index < -0.39 is 6.09 Å². The number of likely N-dealkylation sites (tertiary alicyclic amines) is 1. The van der Waals surface area contributed by atoms with Gasteiger partial charge in [0.05, 0.1) is 0 Å². The molecule has 1 N–H and O–H groups in total. The summed E-state index contributed by atoms with van der Waals surface area (Å²) in [5, 5.41) is 9.20. The second-order valence-corrected chi connectivity index (χ2v) is 9.16. The molecule has 0 aliphatic carbocycles. The molecular weight excluding hydrogens is 336 g/mol. The van der Waals surface area contributed by atoms with E-state index in [1.807, 2.05) is 0 Å². The number of aryl methyl sites for hydroxylation is 1. The summed E-state index contributed by atoms with van der Waals surface area (Å²) in [7, 11) is 0. The Bertz CT molecular complexity index is 631. The van der Waals surface area contributed by atoms with Gasteiger partial charge in [-0.25, -0.2) is 4.79 Å². The van der Waals surface area contributed by atoms with Gasteiger partial charge >= 0.3 is 6.09 Å². The van der Waals surface area contributed by atoms with Gasteiger partial charge in [-0.05, 0) is 62.6 Å². The average molecular weight is 373 g/mol. The van der Waals surface area contributed by atoms with Gasteiger partial charge in [-0.3, -0.25) is 0 Å². The summed E-state index contributed by atoms with van der Waals surface area (Å²) in [6.07, 6.45) is 5.52. The Labute approximate surface area is 164 Å². The normalized spacial score (nSPS) is 15.5. The number of allylic oxidation sites excluding steroid dienone is 1. The van der Waals surface area contributed by atoms with Crippen LogP contribution >= 0.6 is 0 Å². The first-order valence-electron chi connectivity index (χ1n) is 10.1. The zero-order valence-corrected chi connectivity index (χ0v) is 17.7. The van der Waals surface area contributed by atoms with Crippen molar-refractivity contribution in [2.75, 3.05) is 24.5 Å². The highest BCUT2D eigenvalue weighted by Gasteiger charge is 2.26. The first-order chi connectivity index (χ1) is 12.7. The van der Waals surface area contributed by atoms with E-state index in [0.29, 0.717) is 24.5 Å². The van der Waals surface area contributed by atoms with Crippen molar-refractivity contribution in [2.24, 2.45) is 5.41 Å². The molecule has 4 heteroatoms. The number of hydrogen-bond acceptors (Lipinski definition) is 2. The third-order valence-corrected chi connectivity index (χ3v) is 5.30. The molecule has 0 radical (unpaired) electrons. The summed E-state index contributed by atoms with van der Waals surface area (Å²) >= 11 is 0. The SMILES string of the molecule is CC(C)=CCN(c1ccc(CCC(C)(C)C)cc1)C1CCN(C(=O)O)CC1. The molecule has 150 valence electrons. The topological polar surface area (TPSA) is 43.8 Å². The van der Waals surface area contributed by atoms with Gasteiger partial charge in [0, 0.05) is 31.4 Å². The number of rotatable bonds is 6. The molecule has 1 saturated heterocycles. The second-order valence-electron chi connectivity index (χ2n) is 9.16. The van der Waals surface area contributed by atoms with E-state index >= 15 is 0 Å². The van der Waals surface area contributed by atoms with Crippen LogP contribution in [-0.4, -0.2) is 41.8 Å². The molecular formula is C23H36N2O2. The summed E-state index contributed by atoms with van der Waals surface area (Å²) in [6, 6.07) is 9.36. The van der Waals surface area contributed by atoms with Crippen LogP contribution in [0.4, 0.5) is 10.5 Å². The molecule has 1 heterocycles. The number of hydrogen-bond donors (Lipinski definition) is 1. The molecule has 0 spiro atoms. The van der Waals surface area contributed by atoms with Crippen molar-refractivity contribution in [1.29, 1.82) is 0 Å². The van der Waals surface area contributed by atoms with Crippen LogP contribution in [-0.2, 0) is 6.42 Å². The van der Waals surface area contributed by atoms with Crippen molar-refractivity contribution in [3.63, 3.8) is 0 Å². The minimum Gasteiger partial charge on any atom is -0.465 e. The average Bonchev–Trinajstić information content (AvgIpc) is 2.60. The molecule has 0 atom stereocenters. The first-order valence-corrected chi connectivity index (χ1v) is 10.1. The van der Waals surface area contributed by atoms with Gasteiger partial charge in [-0.1, -0.05) is 44.6 Å². The van der Waals surface area contributed by atoms with E-state index in [-0.39, 0.29) is 0 Å². The highest BCUT2D eigenvalue weighted by atomic mass is 16.4. The standard InChI is InChI=1S/C23H36N2O2/c1-18(2)11-17-25(21-12-15-24(16-13-21)22(26)27)20-8-6-19(7-9-20)10-14-23(3,4)5/h6-9,11,21H,10,12-17H2,1-5H3,(H,26,27). The van der Waals surface area contributed by atoms with Gasteiger partial charge in [0.25, 0.3) is 0 Å².